The van der Waals surface area contributed by atoms with Gasteiger partial charge in [0.1, 0.15) is 11.5 Å². The second-order valence-electron chi connectivity index (χ2n) is 7.35. The summed E-state index contributed by atoms with van der Waals surface area (Å²) in [6.45, 7) is 5.45. The highest BCUT2D eigenvalue weighted by Crippen LogP contribution is 2.30. The van der Waals surface area contributed by atoms with E-state index in [1.54, 1.807) is 49.4 Å². The Kier molecular flexibility index (Phi) is 6.74. The number of hydrogen-bond donors (Lipinski definition) is 2. The van der Waals surface area contributed by atoms with Crippen LogP contribution in [0.1, 0.15) is 27.0 Å². The average molecular weight is 455 g/mol. The smallest absolute Gasteiger partial charge is 0.262 e. The van der Waals surface area contributed by atoms with Gasteiger partial charge in [0.15, 0.2) is 0 Å². The number of anilines is 2. The lowest BCUT2D eigenvalue weighted by Gasteiger charge is -2.15. The molecule has 0 saturated carbocycles. The number of amides is 1. The molecule has 0 aliphatic heterocycles. The molecule has 32 heavy (non-hydrogen) atoms. The van der Waals surface area contributed by atoms with Crippen molar-refractivity contribution in [2.75, 3.05) is 24.3 Å². The molecule has 0 heterocycles. The Morgan fingerprint density at radius 1 is 0.844 bits per heavy atom. The van der Waals surface area contributed by atoms with E-state index in [-0.39, 0.29) is 10.5 Å². The number of ether oxygens (including phenoxy) is 2. The molecule has 0 bridgehead atoms. The van der Waals surface area contributed by atoms with Crippen molar-refractivity contribution in [3.8, 4) is 11.5 Å². The van der Waals surface area contributed by atoms with E-state index in [0.29, 0.717) is 28.4 Å². The van der Waals surface area contributed by atoms with Gasteiger partial charge in [0.25, 0.3) is 15.9 Å². The van der Waals surface area contributed by atoms with Gasteiger partial charge in [-0.1, -0.05) is 18.2 Å². The van der Waals surface area contributed by atoms with Crippen molar-refractivity contribution in [2.24, 2.45) is 0 Å². The van der Waals surface area contributed by atoms with E-state index in [0.717, 1.165) is 11.1 Å². The van der Waals surface area contributed by atoms with Crippen molar-refractivity contribution in [2.45, 2.75) is 25.7 Å². The molecule has 7 nitrogen and oxygen atoms in total. The lowest BCUT2D eigenvalue weighted by molar-refractivity contribution is 0.102. The molecule has 0 fully saturated rings. The van der Waals surface area contributed by atoms with Crippen LogP contribution in [0.25, 0.3) is 0 Å². The zero-order valence-electron chi connectivity index (χ0n) is 18.6. The number of carbonyl (C=O) groups excluding carboxylic acids is 1. The lowest BCUT2D eigenvalue weighted by Crippen LogP contribution is -2.18. The van der Waals surface area contributed by atoms with E-state index < -0.39 is 15.9 Å². The Morgan fingerprint density at radius 2 is 1.59 bits per heavy atom. The number of benzene rings is 3. The number of carbonyl (C=O) groups is 1. The third kappa shape index (κ3) is 4.86. The molecule has 0 spiro atoms. The molecule has 0 aromatic heterocycles. The standard InChI is InChI=1S/C24H26N2O5S/c1-15-7-6-8-20(17(15)3)26-32(28,29)23-13-18(10-9-16(23)2)24(27)25-21-14-19(30-4)11-12-22(21)31-5/h6-14,26H,1-5H3,(H,25,27). The summed E-state index contributed by atoms with van der Waals surface area (Å²) in [5.74, 6) is 0.529. The van der Waals surface area contributed by atoms with Crippen molar-refractivity contribution in [3.63, 3.8) is 0 Å². The fraction of sp³-hybridized carbons (Fsp3) is 0.208. The minimum Gasteiger partial charge on any atom is -0.497 e. The van der Waals surface area contributed by atoms with Crippen LogP contribution < -0.4 is 19.5 Å². The molecular weight excluding hydrogens is 428 g/mol. The van der Waals surface area contributed by atoms with Gasteiger partial charge in [-0.15, -0.1) is 0 Å². The van der Waals surface area contributed by atoms with E-state index >= 15 is 0 Å². The topological polar surface area (TPSA) is 93.7 Å². The Morgan fingerprint density at radius 3 is 2.28 bits per heavy atom. The fourth-order valence-electron chi connectivity index (χ4n) is 3.20. The molecule has 3 aromatic rings. The maximum Gasteiger partial charge on any atom is 0.262 e. The quantitative estimate of drug-likeness (QED) is 0.541. The van der Waals surface area contributed by atoms with E-state index in [1.165, 1.54) is 20.3 Å². The molecule has 3 aromatic carbocycles. The molecule has 8 heteroatoms. The highest BCUT2D eigenvalue weighted by molar-refractivity contribution is 7.92. The average Bonchev–Trinajstić information content (AvgIpc) is 2.76. The highest BCUT2D eigenvalue weighted by Gasteiger charge is 2.21. The third-order valence-electron chi connectivity index (χ3n) is 5.24. The normalized spacial score (nSPS) is 11.0. The van der Waals surface area contributed by atoms with Crippen molar-refractivity contribution in [1.29, 1.82) is 0 Å². The summed E-state index contributed by atoms with van der Waals surface area (Å²) in [6, 6.07) is 15.0. The van der Waals surface area contributed by atoms with Crippen molar-refractivity contribution in [3.05, 3.63) is 76.9 Å². The number of sulfonamides is 1. The van der Waals surface area contributed by atoms with Crippen molar-refractivity contribution < 1.29 is 22.7 Å². The van der Waals surface area contributed by atoms with Crippen LogP contribution in [-0.4, -0.2) is 28.5 Å². The minimum absolute atomic E-state index is 0.0312. The number of nitrogens with one attached hydrogen (secondary N) is 2. The van der Waals surface area contributed by atoms with Gasteiger partial charge in [0.05, 0.1) is 30.5 Å². The molecule has 2 N–H and O–H groups in total. The molecule has 1 amide bonds. The van der Waals surface area contributed by atoms with Crippen LogP contribution in [0.4, 0.5) is 11.4 Å². The Labute approximate surface area is 188 Å². The van der Waals surface area contributed by atoms with Gasteiger partial charge in [-0.05, 0) is 67.8 Å². The largest absolute Gasteiger partial charge is 0.497 e. The Balaban J connectivity index is 1.93. The molecule has 0 atom stereocenters. The van der Waals surface area contributed by atoms with Crippen LogP contribution in [-0.2, 0) is 10.0 Å². The van der Waals surface area contributed by atoms with Gasteiger partial charge in [0.2, 0.25) is 0 Å². The first-order valence-corrected chi connectivity index (χ1v) is 11.4. The first-order chi connectivity index (χ1) is 15.2. The summed E-state index contributed by atoms with van der Waals surface area (Å²) in [5.41, 5.74) is 3.45. The zero-order chi connectivity index (χ0) is 23.5. The second-order valence-corrected chi connectivity index (χ2v) is 9.00. The summed E-state index contributed by atoms with van der Waals surface area (Å²) in [4.78, 5) is 12.9. The monoisotopic (exact) mass is 454 g/mol. The molecule has 0 aliphatic rings. The third-order valence-corrected chi connectivity index (χ3v) is 6.75. The van der Waals surface area contributed by atoms with Gasteiger partial charge >= 0.3 is 0 Å². The van der Waals surface area contributed by atoms with Gasteiger partial charge in [-0.3, -0.25) is 9.52 Å². The van der Waals surface area contributed by atoms with Crippen LogP contribution in [0.2, 0.25) is 0 Å². The van der Waals surface area contributed by atoms with Crippen LogP contribution in [0.3, 0.4) is 0 Å². The summed E-state index contributed by atoms with van der Waals surface area (Å²) in [7, 11) is -0.896. The SMILES string of the molecule is COc1ccc(OC)c(NC(=O)c2ccc(C)c(S(=O)(=O)Nc3cccc(C)c3C)c2)c1. The Bertz CT molecular complexity index is 1270. The molecule has 3 rings (SSSR count). The van der Waals surface area contributed by atoms with Gasteiger partial charge in [-0.25, -0.2) is 8.42 Å². The van der Waals surface area contributed by atoms with E-state index in [9.17, 15) is 13.2 Å². The van der Waals surface area contributed by atoms with Gasteiger partial charge in [0, 0.05) is 11.6 Å². The van der Waals surface area contributed by atoms with E-state index in [4.69, 9.17) is 9.47 Å². The number of methoxy groups -OCH3 is 2. The van der Waals surface area contributed by atoms with Crippen molar-refractivity contribution in [1.82, 2.24) is 0 Å². The van der Waals surface area contributed by atoms with Crippen molar-refractivity contribution >= 4 is 27.3 Å². The first-order valence-electron chi connectivity index (χ1n) is 9.89. The predicted molar refractivity (Wildman–Crippen MR) is 125 cm³/mol. The van der Waals surface area contributed by atoms with Crippen LogP contribution >= 0.6 is 0 Å². The van der Waals surface area contributed by atoms with Crippen LogP contribution in [0, 0.1) is 20.8 Å². The summed E-state index contributed by atoms with van der Waals surface area (Å²) < 4.78 is 39.4. The lowest BCUT2D eigenvalue weighted by atomic mass is 10.1. The minimum atomic E-state index is -3.91. The van der Waals surface area contributed by atoms with Gasteiger partial charge in [-0.2, -0.15) is 0 Å². The molecule has 0 aliphatic carbocycles. The second kappa shape index (κ2) is 9.32. The molecular formula is C24H26N2O5S. The summed E-state index contributed by atoms with van der Waals surface area (Å²) in [5, 5.41) is 2.76. The number of rotatable bonds is 7. The molecule has 0 unspecified atom stereocenters. The molecule has 168 valence electrons. The molecule has 0 saturated heterocycles. The number of aryl methyl sites for hydroxylation is 2. The predicted octanol–water partition coefficient (Wildman–Crippen LogP) is 4.68. The zero-order valence-corrected chi connectivity index (χ0v) is 19.5. The van der Waals surface area contributed by atoms with E-state index in [1.807, 2.05) is 19.9 Å². The maximum atomic E-state index is 13.1. The van der Waals surface area contributed by atoms with Crippen LogP contribution in [0.15, 0.2) is 59.5 Å². The molecule has 0 radical (unpaired) electrons. The fourth-order valence-corrected chi connectivity index (χ4v) is 4.59. The van der Waals surface area contributed by atoms with E-state index in [2.05, 4.69) is 10.0 Å². The summed E-state index contributed by atoms with van der Waals surface area (Å²) >= 11 is 0. The first kappa shape index (κ1) is 23.1. The van der Waals surface area contributed by atoms with Crippen LogP contribution in [0.5, 0.6) is 11.5 Å². The maximum absolute atomic E-state index is 13.1. The van der Waals surface area contributed by atoms with Gasteiger partial charge < -0.3 is 14.8 Å². The Hall–Kier alpha value is -3.52. The summed E-state index contributed by atoms with van der Waals surface area (Å²) in [6.07, 6.45) is 0. The highest BCUT2D eigenvalue weighted by atomic mass is 32.2. The number of hydrogen-bond acceptors (Lipinski definition) is 5.